The van der Waals surface area contributed by atoms with Gasteiger partial charge in [0.25, 0.3) is 0 Å². The van der Waals surface area contributed by atoms with E-state index in [1.54, 1.807) is 21.2 Å². The Morgan fingerprint density at radius 1 is 0.800 bits per heavy atom. The average molecular weight is 408 g/mol. The first-order valence-corrected chi connectivity index (χ1v) is 10.3. The molecule has 7 heteroatoms. The molecule has 0 radical (unpaired) electrons. The third-order valence-electron chi connectivity index (χ3n) is 7.50. The predicted octanol–water partition coefficient (Wildman–Crippen LogP) is 1.72. The highest BCUT2D eigenvalue weighted by Gasteiger charge is 2.57. The number of nitrogens with zero attached hydrogens (tertiary/aromatic N) is 2. The highest BCUT2D eigenvalue weighted by molar-refractivity contribution is 6.11. The minimum Gasteiger partial charge on any atom is -0.497 e. The second-order valence-corrected chi connectivity index (χ2v) is 8.81. The van der Waals surface area contributed by atoms with Crippen LogP contribution in [0.4, 0.5) is 0 Å². The van der Waals surface area contributed by atoms with E-state index in [0.717, 1.165) is 16.7 Å². The SMILES string of the molecule is COc1ccc(C2=C3C[C@@H]4C(=O)N(C)C(=O)[C@@H]4C[C@H]3C[C@H]3C(=O)N(C)C(=O)[C@@H]23)cc1. The monoisotopic (exact) mass is 408 g/mol. The molecule has 0 bridgehead atoms. The molecule has 3 fully saturated rings. The number of imide groups is 2. The first kappa shape index (κ1) is 19.0. The number of hydrogen-bond donors (Lipinski definition) is 0. The maximum absolute atomic E-state index is 13.0. The van der Waals surface area contributed by atoms with Crippen LogP contribution in [0.3, 0.4) is 0 Å². The molecule has 5 atom stereocenters. The van der Waals surface area contributed by atoms with Gasteiger partial charge >= 0.3 is 0 Å². The zero-order chi connectivity index (χ0) is 21.3. The molecule has 0 unspecified atom stereocenters. The van der Waals surface area contributed by atoms with Crippen LogP contribution in [0.1, 0.15) is 24.8 Å². The Kier molecular flexibility index (Phi) is 4.14. The van der Waals surface area contributed by atoms with Gasteiger partial charge in [-0.2, -0.15) is 0 Å². The molecule has 0 aromatic heterocycles. The van der Waals surface area contributed by atoms with E-state index in [-0.39, 0.29) is 41.4 Å². The number of carbonyl (C=O) groups is 4. The number of likely N-dealkylation sites (tertiary alicyclic amines) is 2. The summed E-state index contributed by atoms with van der Waals surface area (Å²) in [4.78, 5) is 53.6. The smallest absolute Gasteiger partial charge is 0.237 e. The van der Waals surface area contributed by atoms with Gasteiger partial charge in [0.2, 0.25) is 23.6 Å². The summed E-state index contributed by atoms with van der Waals surface area (Å²) in [6, 6.07) is 7.51. The van der Waals surface area contributed by atoms with Gasteiger partial charge in [0.05, 0.1) is 30.8 Å². The molecule has 156 valence electrons. The predicted molar refractivity (Wildman–Crippen MR) is 107 cm³/mol. The van der Waals surface area contributed by atoms with Crippen molar-refractivity contribution < 1.29 is 23.9 Å². The number of amides is 4. The third kappa shape index (κ3) is 2.44. The normalized spacial score (nSPS) is 33.1. The summed E-state index contributed by atoms with van der Waals surface area (Å²) in [5, 5.41) is 0. The summed E-state index contributed by atoms with van der Waals surface area (Å²) >= 11 is 0. The first-order valence-electron chi connectivity index (χ1n) is 10.3. The van der Waals surface area contributed by atoms with Crippen molar-refractivity contribution >= 4 is 29.2 Å². The Morgan fingerprint density at radius 3 is 2.03 bits per heavy atom. The second-order valence-electron chi connectivity index (χ2n) is 8.81. The molecular weight excluding hydrogens is 384 g/mol. The lowest BCUT2D eigenvalue weighted by molar-refractivity contribution is -0.139. The number of rotatable bonds is 2. The van der Waals surface area contributed by atoms with Gasteiger partial charge in [0, 0.05) is 14.1 Å². The maximum Gasteiger partial charge on any atom is 0.237 e. The molecule has 2 saturated heterocycles. The van der Waals surface area contributed by atoms with Crippen LogP contribution in [-0.4, -0.2) is 54.6 Å². The fourth-order valence-corrected chi connectivity index (χ4v) is 5.95. The summed E-state index contributed by atoms with van der Waals surface area (Å²) in [7, 11) is 4.68. The molecule has 5 rings (SSSR count). The Morgan fingerprint density at radius 2 is 1.37 bits per heavy atom. The van der Waals surface area contributed by atoms with Crippen LogP contribution in [0.5, 0.6) is 5.75 Å². The van der Waals surface area contributed by atoms with E-state index in [4.69, 9.17) is 4.74 Å². The van der Waals surface area contributed by atoms with Crippen molar-refractivity contribution in [3.05, 3.63) is 35.4 Å². The molecule has 0 N–H and O–H groups in total. The molecule has 1 saturated carbocycles. The quantitative estimate of drug-likeness (QED) is 0.696. The van der Waals surface area contributed by atoms with E-state index < -0.39 is 11.8 Å². The van der Waals surface area contributed by atoms with Crippen molar-refractivity contribution in [3.63, 3.8) is 0 Å². The molecule has 1 aromatic rings. The van der Waals surface area contributed by atoms with E-state index in [1.165, 1.54) is 9.80 Å². The average Bonchev–Trinajstić information content (AvgIpc) is 3.11. The molecule has 7 nitrogen and oxygen atoms in total. The Labute approximate surface area is 174 Å². The lowest BCUT2D eigenvalue weighted by Crippen LogP contribution is -2.36. The van der Waals surface area contributed by atoms with Crippen molar-refractivity contribution in [3.8, 4) is 5.75 Å². The Bertz CT molecular complexity index is 1010. The maximum atomic E-state index is 13.0. The molecule has 0 spiro atoms. The number of ether oxygens (including phenoxy) is 1. The number of carbonyl (C=O) groups excluding carboxylic acids is 4. The molecule has 1 aromatic carbocycles. The fourth-order valence-electron chi connectivity index (χ4n) is 5.95. The molecule has 4 aliphatic rings. The van der Waals surface area contributed by atoms with Crippen molar-refractivity contribution in [1.29, 1.82) is 0 Å². The van der Waals surface area contributed by atoms with Crippen molar-refractivity contribution in [2.24, 2.45) is 29.6 Å². The minimum absolute atomic E-state index is 0.0242. The third-order valence-corrected chi connectivity index (χ3v) is 7.50. The van der Waals surface area contributed by atoms with Crippen LogP contribution < -0.4 is 4.74 Å². The van der Waals surface area contributed by atoms with Gasteiger partial charge in [-0.05, 0) is 48.4 Å². The standard InChI is InChI=1S/C23H24N2O5/c1-24-20(26)15-8-12-9-17-19(23(29)25(2)22(17)28)18(14(12)10-16(15)21(24)27)11-4-6-13(30-3)7-5-11/h4-7,12,15-17,19H,8-10H2,1-3H3/t12-,15+,16-,17+,19+/m0/s1. The molecular formula is C23H24N2O5. The zero-order valence-corrected chi connectivity index (χ0v) is 17.3. The number of allylic oxidation sites excluding steroid dienone is 1. The van der Waals surface area contributed by atoms with Crippen LogP contribution in [0.25, 0.3) is 5.57 Å². The highest BCUT2D eigenvalue weighted by Crippen LogP contribution is 2.55. The van der Waals surface area contributed by atoms with Crippen molar-refractivity contribution in [2.75, 3.05) is 21.2 Å². The first-order chi connectivity index (χ1) is 14.3. The van der Waals surface area contributed by atoms with Crippen LogP contribution in [0.2, 0.25) is 0 Å². The van der Waals surface area contributed by atoms with Gasteiger partial charge in [0.15, 0.2) is 0 Å². The summed E-state index contributed by atoms with van der Waals surface area (Å²) < 4.78 is 5.27. The highest BCUT2D eigenvalue weighted by atomic mass is 16.5. The minimum atomic E-state index is -0.524. The number of hydrogen-bond acceptors (Lipinski definition) is 5. The van der Waals surface area contributed by atoms with E-state index in [0.29, 0.717) is 25.0 Å². The molecule has 2 heterocycles. The number of methoxy groups -OCH3 is 1. The van der Waals surface area contributed by atoms with Crippen LogP contribution in [-0.2, 0) is 19.2 Å². The van der Waals surface area contributed by atoms with Crippen LogP contribution in [0.15, 0.2) is 29.8 Å². The van der Waals surface area contributed by atoms with Crippen LogP contribution in [0, 0.1) is 29.6 Å². The summed E-state index contributed by atoms with van der Waals surface area (Å²) in [6.07, 6.45) is 1.59. The van der Waals surface area contributed by atoms with Crippen LogP contribution >= 0.6 is 0 Å². The molecule has 4 amide bonds. The van der Waals surface area contributed by atoms with Gasteiger partial charge < -0.3 is 4.74 Å². The fraction of sp³-hybridized carbons (Fsp3) is 0.478. The largest absolute Gasteiger partial charge is 0.497 e. The van der Waals surface area contributed by atoms with E-state index in [2.05, 4.69) is 0 Å². The topological polar surface area (TPSA) is 84.0 Å². The summed E-state index contributed by atoms with van der Waals surface area (Å²) in [5.74, 6) is -1.49. The van der Waals surface area contributed by atoms with Gasteiger partial charge in [-0.15, -0.1) is 0 Å². The Balaban J connectivity index is 1.66. The number of fused-ring (bicyclic) bond motifs is 3. The van der Waals surface area contributed by atoms with Gasteiger partial charge in [0.1, 0.15) is 5.75 Å². The van der Waals surface area contributed by atoms with E-state index in [1.807, 2.05) is 24.3 Å². The van der Waals surface area contributed by atoms with E-state index in [9.17, 15) is 19.2 Å². The molecule has 2 aliphatic carbocycles. The van der Waals surface area contributed by atoms with Gasteiger partial charge in [-0.25, -0.2) is 0 Å². The molecule has 30 heavy (non-hydrogen) atoms. The summed E-state index contributed by atoms with van der Waals surface area (Å²) in [6.45, 7) is 0. The zero-order valence-electron chi connectivity index (χ0n) is 17.3. The number of benzene rings is 1. The van der Waals surface area contributed by atoms with E-state index >= 15 is 0 Å². The lowest BCUT2D eigenvalue weighted by Gasteiger charge is -2.40. The Hall–Kier alpha value is -2.96. The summed E-state index contributed by atoms with van der Waals surface area (Å²) in [5.41, 5.74) is 2.82. The second kappa shape index (κ2) is 6.52. The van der Waals surface area contributed by atoms with Gasteiger partial charge in [-0.1, -0.05) is 17.7 Å². The molecule has 2 aliphatic heterocycles. The van der Waals surface area contributed by atoms with Gasteiger partial charge in [-0.3, -0.25) is 29.0 Å². The van der Waals surface area contributed by atoms with Crippen molar-refractivity contribution in [2.45, 2.75) is 19.3 Å². The lowest BCUT2D eigenvalue weighted by atomic mass is 9.61. The van der Waals surface area contributed by atoms with Crippen molar-refractivity contribution in [1.82, 2.24) is 9.80 Å².